The predicted octanol–water partition coefficient (Wildman–Crippen LogP) is 3.38. The average molecular weight is 403 g/mol. The Bertz CT molecular complexity index is 636. The van der Waals surface area contributed by atoms with Crippen LogP contribution in [0.2, 0.25) is 0 Å². The molecule has 158 valence electrons. The number of benzene rings is 1. The Balaban J connectivity index is 1.97. The van der Waals surface area contributed by atoms with Gasteiger partial charge < -0.3 is 9.80 Å². The number of piperidine rings is 1. The van der Waals surface area contributed by atoms with E-state index in [2.05, 4.69) is 4.90 Å². The van der Waals surface area contributed by atoms with Gasteiger partial charge in [0.25, 0.3) is 0 Å². The Kier molecular flexibility index (Phi) is 8.24. The fourth-order valence-corrected chi connectivity index (χ4v) is 3.54. The lowest BCUT2D eigenvalue weighted by atomic mass is 9.96. The third kappa shape index (κ3) is 7.75. The molecule has 0 spiro atoms. The van der Waals surface area contributed by atoms with Gasteiger partial charge in [-0.1, -0.05) is 18.2 Å². The van der Waals surface area contributed by atoms with E-state index in [1.165, 1.54) is 11.0 Å². The van der Waals surface area contributed by atoms with Crippen molar-refractivity contribution in [2.24, 2.45) is 5.92 Å². The van der Waals surface area contributed by atoms with Gasteiger partial charge in [-0.3, -0.25) is 9.69 Å². The Hall–Kier alpha value is -1.67. The molecule has 0 aliphatic carbocycles. The molecule has 4 nitrogen and oxygen atoms in total. The molecule has 0 saturated carbocycles. The maximum absolute atomic E-state index is 13.9. The number of carbonyl (C=O) groups excluding carboxylic acids is 1. The average Bonchev–Trinajstić information content (AvgIpc) is 2.59. The monoisotopic (exact) mass is 403 g/mol. The van der Waals surface area contributed by atoms with E-state index in [0.717, 1.165) is 19.4 Å². The van der Waals surface area contributed by atoms with Crippen molar-refractivity contribution < 1.29 is 22.4 Å². The van der Waals surface area contributed by atoms with Crippen molar-refractivity contribution in [2.45, 2.75) is 32.0 Å². The maximum atomic E-state index is 13.9. The number of hydrogen-bond acceptors (Lipinski definition) is 3. The number of carbonyl (C=O) groups is 1. The summed E-state index contributed by atoms with van der Waals surface area (Å²) < 4.78 is 52.0. The van der Waals surface area contributed by atoms with Crippen LogP contribution < -0.4 is 0 Å². The zero-order valence-corrected chi connectivity index (χ0v) is 16.5. The summed E-state index contributed by atoms with van der Waals surface area (Å²) >= 11 is 0. The van der Waals surface area contributed by atoms with Crippen molar-refractivity contribution in [3.8, 4) is 0 Å². The summed E-state index contributed by atoms with van der Waals surface area (Å²) in [6.07, 6.45) is -4.19. The van der Waals surface area contributed by atoms with Gasteiger partial charge in [0.2, 0.25) is 5.91 Å². The van der Waals surface area contributed by atoms with E-state index in [1.54, 1.807) is 18.2 Å². The molecule has 1 aliphatic heterocycles. The van der Waals surface area contributed by atoms with Crippen LogP contribution in [0.1, 0.15) is 24.8 Å². The molecule has 0 N–H and O–H groups in total. The first-order valence-electron chi connectivity index (χ1n) is 9.59. The van der Waals surface area contributed by atoms with E-state index in [0.29, 0.717) is 31.7 Å². The lowest BCUT2D eigenvalue weighted by Gasteiger charge is -2.36. The highest BCUT2D eigenvalue weighted by Crippen LogP contribution is 2.24. The first kappa shape index (κ1) is 22.6. The minimum atomic E-state index is -4.50. The van der Waals surface area contributed by atoms with Crippen molar-refractivity contribution >= 4 is 5.91 Å². The Morgan fingerprint density at radius 1 is 1.21 bits per heavy atom. The third-order valence-electron chi connectivity index (χ3n) is 4.95. The molecule has 0 bridgehead atoms. The van der Waals surface area contributed by atoms with Gasteiger partial charge >= 0.3 is 6.18 Å². The molecule has 1 amide bonds. The van der Waals surface area contributed by atoms with Crippen molar-refractivity contribution in [2.75, 3.05) is 46.8 Å². The summed E-state index contributed by atoms with van der Waals surface area (Å²) in [4.78, 5) is 17.5. The molecular weight excluding hydrogens is 374 g/mol. The smallest absolute Gasteiger partial charge is 0.341 e. The molecule has 1 fully saturated rings. The quantitative estimate of drug-likeness (QED) is 0.623. The van der Waals surface area contributed by atoms with Gasteiger partial charge in [-0.2, -0.15) is 13.2 Å². The Labute approximate surface area is 164 Å². The number of halogens is 4. The van der Waals surface area contributed by atoms with Crippen molar-refractivity contribution in [3.63, 3.8) is 0 Å². The number of rotatable bonds is 8. The topological polar surface area (TPSA) is 26.8 Å². The van der Waals surface area contributed by atoms with Crippen molar-refractivity contribution in [3.05, 3.63) is 35.6 Å². The molecule has 28 heavy (non-hydrogen) atoms. The molecule has 1 aromatic rings. The van der Waals surface area contributed by atoms with Gasteiger partial charge in [-0.15, -0.1) is 0 Å². The van der Waals surface area contributed by atoms with Crippen LogP contribution in [0.3, 0.4) is 0 Å². The summed E-state index contributed by atoms with van der Waals surface area (Å²) in [5.74, 6) is -1.04. The lowest BCUT2D eigenvalue weighted by molar-refractivity contribution is -0.162. The second kappa shape index (κ2) is 10.2. The van der Waals surface area contributed by atoms with E-state index in [9.17, 15) is 22.4 Å². The predicted molar refractivity (Wildman–Crippen MR) is 100 cm³/mol. The summed E-state index contributed by atoms with van der Waals surface area (Å²) in [6, 6.07) is 6.61. The number of amides is 1. The largest absolute Gasteiger partial charge is 0.397 e. The minimum Gasteiger partial charge on any atom is -0.341 e. The lowest BCUT2D eigenvalue weighted by Crippen LogP contribution is -2.45. The van der Waals surface area contributed by atoms with Crippen LogP contribution in [0.5, 0.6) is 0 Å². The molecule has 1 saturated heterocycles. The van der Waals surface area contributed by atoms with Crippen LogP contribution in [0.4, 0.5) is 17.6 Å². The first-order chi connectivity index (χ1) is 13.1. The second-order valence-electron chi connectivity index (χ2n) is 7.77. The van der Waals surface area contributed by atoms with Gasteiger partial charge in [0, 0.05) is 38.3 Å². The highest BCUT2D eigenvalue weighted by Gasteiger charge is 2.34. The number of hydrogen-bond donors (Lipinski definition) is 0. The number of likely N-dealkylation sites (tertiary alicyclic amines) is 1. The SMILES string of the molecule is CN(C)CCN(C[C@H]1CCCN(Cc2ccccc2F)C1)C(=O)CC(F)(F)F. The molecule has 1 heterocycles. The van der Waals surface area contributed by atoms with Gasteiger partial charge in [0.05, 0.1) is 0 Å². The van der Waals surface area contributed by atoms with Gasteiger partial charge in [0.15, 0.2) is 0 Å². The van der Waals surface area contributed by atoms with Crippen LogP contribution in [-0.2, 0) is 11.3 Å². The van der Waals surface area contributed by atoms with Crippen LogP contribution in [0.15, 0.2) is 24.3 Å². The van der Waals surface area contributed by atoms with Gasteiger partial charge in [0.1, 0.15) is 12.2 Å². The van der Waals surface area contributed by atoms with Crippen LogP contribution in [0, 0.1) is 11.7 Å². The number of nitrogens with zero attached hydrogens (tertiary/aromatic N) is 3. The van der Waals surface area contributed by atoms with Crippen LogP contribution in [-0.4, -0.2) is 73.6 Å². The molecule has 0 radical (unpaired) electrons. The summed E-state index contributed by atoms with van der Waals surface area (Å²) in [7, 11) is 3.65. The summed E-state index contributed by atoms with van der Waals surface area (Å²) in [5.41, 5.74) is 0.612. The van der Waals surface area contributed by atoms with Crippen molar-refractivity contribution in [1.82, 2.24) is 14.7 Å². The highest BCUT2D eigenvalue weighted by atomic mass is 19.4. The fraction of sp³-hybridized carbons (Fsp3) is 0.650. The Morgan fingerprint density at radius 3 is 2.57 bits per heavy atom. The molecule has 1 aliphatic rings. The van der Waals surface area contributed by atoms with E-state index >= 15 is 0 Å². The second-order valence-corrected chi connectivity index (χ2v) is 7.77. The molecule has 1 aromatic carbocycles. The minimum absolute atomic E-state index is 0.0832. The normalized spacial score (nSPS) is 18.5. The van der Waals surface area contributed by atoms with Gasteiger partial charge in [-0.25, -0.2) is 4.39 Å². The molecule has 8 heteroatoms. The summed E-state index contributed by atoms with van der Waals surface area (Å²) in [5, 5.41) is 0. The van der Waals surface area contributed by atoms with E-state index in [1.807, 2.05) is 19.0 Å². The van der Waals surface area contributed by atoms with Gasteiger partial charge in [-0.05, 0) is 45.5 Å². The zero-order valence-electron chi connectivity index (χ0n) is 16.5. The molecule has 0 unspecified atom stereocenters. The number of likely N-dealkylation sites (N-methyl/N-ethyl adjacent to an activating group) is 1. The van der Waals surface area contributed by atoms with Crippen LogP contribution in [0.25, 0.3) is 0 Å². The molecule has 2 rings (SSSR count). The number of alkyl halides is 3. The van der Waals surface area contributed by atoms with E-state index in [-0.39, 0.29) is 18.3 Å². The molecule has 1 atom stereocenters. The van der Waals surface area contributed by atoms with Crippen molar-refractivity contribution in [1.29, 1.82) is 0 Å². The summed E-state index contributed by atoms with van der Waals surface area (Å²) in [6.45, 7) is 3.01. The first-order valence-corrected chi connectivity index (χ1v) is 9.59. The van der Waals surface area contributed by atoms with Crippen LogP contribution >= 0.6 is 0 Å². The van der Waals surface area contributed by atoms with E-state index < -0.39 is 18.5 Å². The molecular formula is C20H29F4N3O. The zero-order chi connectivity index (χ0) is 20.7. The highest BCUT2D eigenvalue weighted by molar-refractivity contribution is 5.76. The fourth-order valence-electron chi connectivity index (χ4n) is 3.54. The molecule has 0 aromatic heterocycles. The standard InChI is InChI=1S/C20H29F4N3O/c1-25(2)10-11-27(19(28)12-20(22,23)24)14-16-6-5-9-26(13-16)15-17-7-3-4-8-18(17)21/h3-4,7-8,16H,5-6,9-15H2,1-2H3/t16-/m0/s1. The third-order valence-corrected chi connectivity index (χ3v) is 4.95. The maximum Gasteiger partial charge on any atom is 0.397 e. The Morgan fingerprint density at radius 2 is 1.93 bits per heavy atom. The van der Waals surface area contributed by atoms with E-state index in [4.69, 9.17) is 0 Å².